The molecular weight excluding hydrogens is 1000 g/mol. The summed E-state index contributed by atoms with van der Waals surface area (Å²) in [5, 5.41) is 4.12. The van der Waals surface area contributed by atoms with Gasteiger partial charge < -0.3 is 9.47 Å². The number of ether oxygens (including phenoxy) is 2. The Labute approximate surface area is 477 Å². The van der Waals surface area contributed by atoms with E-state index in [0.29, 0.717) is 0 Å². The molecular formula is C76H58N2O2S. The summed E-state index contributed by atoms with van der Waals surface area (Å²) in [6, 6.07) is 89.2. The Morgan fingerprint density at radius 3 is 0.988 bits per heavy atom. The van der Waals surface area contributed by atoms with E-state index < -0.39 is 22.0 Å². The van der Waals surface area contributed by atoms with Crippen molar-refractivity contribution in [3.63, 3.8) is 0 Å². The predicted molar refractivity (Wildman–Crippen MR) is 336 cm³/mol. The lowest BCUT2D eigenvalue weighted by molar-refractivity contribution is 0.130. The Morgan fingerprint density at radius 2 is 0.630 bits per heavy atom. The second kappa shape index (κ2) is 18.2. The molecule has 0 unspecified atom stereocenters. The molecule has 13 aromatic rings. The summed E-state index contributed by atoms with van der Waals surface area (Å²) in [4.78, 5) is 14.3. The number of benzene rings is 11. The first-order valence-electron chi connectivity index (χ1n) is 28.1. The summed E-state index contributed by atoms with van der Waals surface area (Å²) >= 11 is 1.81. The first-order valence-corrected chi connectivity index (χ1v) is 28.9. The average Bonchev–Trinajstić information content (AvgIpc) is 2.58. The molecule has 0 saturated carbocycles. The molecule has 0 N–H and O–H groups in total. The minimum atomic E-state index is -0.591. The number of fused-ring (bicyclic) bond motifs is 13. The maximum Gasteiger partial charge on any atom is 0.120 e. The highest BCUT2D eigenvalue weighted by Crippen LogP contribution is 2.62. The number of rotatable bonds is 8. The van der Waals surface area contributed by atoms with Gasteiger partial charge >= 0.3 is 0 Å². The van der Waals surface area contributed by atoms with Gasteiger partial charge in [0, 0.05) is 21.9 Å². The van der Waals surface area contributed by atoms with Gasteiger partial charge in [0.25, 0.3) is 0 Å². The minimum Gasteiger partial charge on any atom is -0.488 e. The molecule has 0 saturated heterocycles. The SMILES string of the molecule is CC(C)(C)Oc1ccc2c3ccc(OC(C)(C)C)cc3c3nc4c(-c5cccc6c5-c5ccccc5C6(c5ccccc5)c5ccccc5)sc(-c5cccc6c5-c5ccccc5C6(c5ccccc5)c5ccccc5)c4nc3c2c1. The number of aromatic nitrogens is 2. The second-order valence-corrected chi connectivity index (χ2v) is 24.8. The molecule has 2 aromatic heterocycles. The molecule has 4 nitrogen and oxygen atoms in total. The van der Waals surface area contributed by atoms with Crippen LogP contribution in [0.5, 0.6) is 11.5 Å². The maximum absolute atomic E-state index is 6.65. The summed E-state index contributed by atoms with van der Waals surface area (Å²) < 4.78 is 13.3. The third-order valence-corrected chi connectivity index (χ3v) is 17.8. The third-order valence-electron chi connectivity index (χ3n) is 16.6. The van der Waals surface area contributed by atoms with Crippen molar-refractivity contribution >= 4 is 54.9 Å². The van der Waals surface area contributed by atoms with E-state index in [2.05, 4.69) is 284 Å². The van der Waals surface area contributed by atoms with Crippen LogP contribution in [0.3, 0.4) is 0 Å². The molecule has 0 fully saturated rings. The molecule has 11 aromatic carbocycles. The lowest BCUT2D eigenvalue weighted by Gasteiger charge is -2.34. The van der Waals surface area contributed by atoms with Crippen molar-refractivity contribution in [2.24, 2.45) is 0 Å². The fourth-order valence-corrected chi connectivity index (χ4v) is 15.0. The van der Waals surface area contributed by atoms with Crippen LogP contribution in [0.15, 0.2) is 243 Å². The topological polar surface area (TPSA) is 44.2 Å². The van der Waals surface area contributed by atoms with E-state index in [4.69, 9.17) is 19.4 Å². The fraction of sp³-hybridized carbons (Fsp3) is 0.132. The molecule has 2 aliphatic rings. The highest BCUT2D eigenvalue weighted by atomic mass is 32.1. The molecule has 15 rings (SSSR count). The molecule has 0 spiro atoms. The van der Waals surface area contributed by atoms with Crippen LogP contribution in [-0.2, 0) is 10.8 Å². The molecule has 0 radical (unpaired) electrons. The van der Waals surface area contributed by atoms with Crippen molar-refractivity contribution in [2.75, 3.05) is 0 Å². The van der Waals surface area contributed by atoms with Crippen LogP contribution >= 0.6 is 11.3 Å². The first kappa shape index (κ1) is 48.9. The third kappa shape index (κ3) is 7.41. The van der Waals surface area contributed by atoms with Gasteiger partial charge in [-0.05, 0) is 155 Å². The van der Waals surface area contributed by atoms with Gasteiger partial charge in [-0.1, -0.05) is 206 Å². The van der Waals surface area contributed by atoms with Crippen LogP contribution in [0.1, 0.15) is 86.1 Å². The zero-order valence-electron chi connectivity index (χ0n) is 46.2. The van der Waals surface area contributed by atoms with Crippen molar-refractivity contribution in [1.82, 2.24) is 9.97 Å². The minimum absolute atomic E-state index is 0.417. The Balaban J connectivity index is 1.10. The van der Waals surface area contributed by atoms with Gasteiger partial charge in [-0.2, -0.15) is 0 Å². The molecule has 390 valence electrons. The Bertz CT molecular complexity index is 4270. The van der Waals surface area contributed by atoms with E-state index >= 15 is 0 Å². The maximum atomic E-state index is 6.65. The van der Waals surface area contributed by atoms with Gasteiger partial charge in [0.2, 0.25) is 0 Å². The van der Waals surface area contributed by atoms with E-state index in [-0.39, 0.29) is 0 Å². The van der Waals surface area contributed by atoms with Crippen molar-refractivity contribution in [2.45, 2.75) is 63.6 Å². The molecule has 2 heterocycles. The first-order chi connectivity index (χ1) is 39.4. The second-order valence-electron chi connectivity index (χ2n) is 23.7. The van der Waals surface area contributed by atoms with Gasteiger partial charge in [-0.25, -0.2) is 9.97 Å². The smallest absolute Gasteiger partial charge is 0.120 e. The summed E-state index contributed by atoms with van der Waals surface area (Å²) in [6.07, 6.45) is 0. The van der Waals surface area contributed by atoms with Gasteiger partial charge in [0.15, 0.2) is 0 Å². The van der Waals surface area contributed by atoms with Crippen LogP contribution in [0.2, 0.25) is 0 Å². The van der Waals surface area contributed by atoms with Gasteiger partial charge in [-0.15, -0.1) is 11.3 Å². The van der Waals surface area contributed by atoms with E-state index in [0.717, 1.165) is 76.0 Å². The standard InChI is InChI=1S/C76H58N2O2S/c1-73(2,3)79-51-41-43-53-54-44-42-52(80-74(4,5)6)46-60(54)68-67(59(53)45-51)77-69-70(78-68)72(58-36-24-40-64-66(58)56-34-20-22-38-62(56)76(64,49-29-15-9-16-30-49)50-31-17-10-18-32-50)81-71(69)57-35-23-39-63-65(57)55-33-19-21-37-61(55)75(63,47-25-11-7-12-26-47)48-27-13-8-14-28-48/h7-46H,1-6H3. The lowest BCUT2D eigenvalue weighted by atomic mass is 9.67. The Morgan fingerprint density at radius 1 is 0.309 bits per heavy atom. The van der Waals surface area contributed by atoms with E-state index in [1.807, 2.05) is 11.3 Å². The number of hydrogen-bond acceptors (Lipinski definition) is 5. The van der Waals surface area contributed by atoms with E-state index in [9.17, 15) is 0 Å². The predicted octanol–water partition coefficient (Wildman–Crippen LogP) is 19.6. The highest BCUT2D eigenvalue weighted by Gasteiger charge is 2.49. The largest absolute Gasteiger partial charge is 0.488 e. The Kier molecular flexibility index (Phi) is 11.0. The van der Waals surface area contributed by atoms with Crippen molar-refractivity contribution in [3.8, 4) is 54.6 Å². The van der Waals surface area contributed by atoms with Crippen LogP contribution in [0.4, 0.5) is 0 Å². The van der Waals surface area contributed by atoms with Crippen LogP contribution in [0.25, 0.3) is 86.7 Å². The van der Waals surface area contributed by atoms with Crippen LogP contribution < -0.4 is 9.47 Å². The number of hydrogen-bond donors (Lipinski definition) is 0. The quantitative estimate of drug-likeness (QED) is 0.142. The summed E-state index contributed by atoms with van der Waals surface area (Å²) in [7, 11) is 0. The zero-order chi connectivity index (χ0) is 54.8. The van der Waals surface area contributed by atoms with Gasteiger partial charge in [0.1, 0.15) is 33.7 Å². The monoisotopic (exact) mass is 1060 g/mol. The fourth-order valence-electron chi connectivity index (χ4n) is 13.8. The summed E-state index contributed by atoms with van der Waals surface area (Å²) in [5.74, 6) is 1.57. The number of thiophene rings is 1. The highest BCUT2D eigenvalue weighted by molar-refractivity contribution is 7.21. The van der Waals surface area contributed by atoms with Crippen LogP contribution in [-0.4, -0.2) is 21.2 Å². The molecule has 0 amide bonds. The van der Waals surface area contributed by atoms with Crippen molar-refractivity contribution in [1.29, 1.82) is 0 Å². The van der Waals surface area contributed by atoms with Gasteiger partial charge in [0.05, 0.1) is 31.6 Å². The normalized spacial score (nSPS) is 14.0. The summed E-state index contributed by atoms with van der Waals surface area (Å²) in [6.45, 7) is 12.6. The van der Waals surface area contributed by atoms with Crippen LogP contribution in [0, 0.1) is 0 Å². The van der Waals surface area contributed by atoms with E-state index in [1.54, 1.807) is 0 Å². The molecule has 2 aliphatic carbocycles. The van der Waals surface area contributed by atoms with Crippen molar-refractivity contribution < 1.29 is 9.47 Å². The van der Waals surface area contributed by atoms with Gasteiger partial charge in [-0.3, -0.25) is 0 Å². The number of nitrogens with zero attached hydrogens (tertiary/aromatic N) is 2. The molecule has 0 bridgehead atoms. The lowest BCUT2D eigenvalue weighted by Crippen LogP contribution is -2.28. The van der Waals surface area contributed by atoms with E-state index in [1.165, 1.54) is 66.8 Å². The zero-order valence-corrected chi connectivity index (χ0v) is 47.0. The summed E-state index contributed by atoms with van der Waals surface area (Å²) in [5.41, 5.74) is 18.3. The molecule has 5 heteroatoms. The molecule has 81 heavy (non-hydrogen) atoms. The average molecular weight is 1060 g/mol. The molecule has 0 atom stereocenters. The Hall–Kier alpha value is -9.16. The molecule has 0 aliphatic heterocycles. The van der Waals surface area contributed by atoms with Crippen molar-refractivity contribution in [3.05, 3.63) is 287 Å².